The van der Waals surface area contributed by atoms with E-state index in [0.29, 0.717) is 24.6 Å². The summed E-state index contributed by atoms with van der Waals surface area (Å²) >= 11 is 1.24. The molecule has 7 nitrogen and oxygen atoms in total. The highest BCUT2D eigenvalue weighted by molar-refractivity contribution is 7.98. The van der Waals surface area contributed by atoms with Crippen molar-refractivity contribution in [3.63, 3.8) is 0 Å². The third-order valence-electron chi connectivity index (χ3n) is 3.77. The molecule has 9 heteroatoms. The number of hydrogen-bond acceptors (Lipinski definition) is 6. The van der Waals surface area contributed by atoms with E-state index in [0.717, 1.165) is 8.84 Å². The number of sulfonamides is 1. The third-order valence-corrected chi connectivity index (χ3v) is 6.64. The molecule has 2 aliphatic heterocycles. The first-order chi connectivity index (χ1) is 9.93. The molecule has 1 atom stereocenters. The summed E-state index contributed by atoms with van der Waals surface area (Å²) in [5.41, 5.74) is 0. The van der Waals surface area contributed by atoms with Crippen molar-refractivity contribution in [3.05, 3.63) is 15.9 Å². The average Bonchev–Trinajstić information content (AvgIpc) is 3.06. The molecule has 1 saturated heterocycles. The second-order valence-corrected chi connectivity index (χ2v) is 7.74. The van der Waals surface area contributed by atoms with Crippen LogP contribution in [0.15, 0.2) is 6.20 Å². The zero-order chi connectivity index (χ0) is 15.2. The Morgan fingerprint density at radius 3 is 3.00 bits per heavy atom. The summed E-state index contributed by atoms with van der Waals surface area (Å²) in [5, 5.41) is 9.94. The molecule has 0 radical (unpaired) electrons. The second kappa shape index (κ2) is 5.08. The zero-order valence-electron chi connectivity index (χ0n) is 11.4. The van der Waals surface area contributed by atoms with E-state index in [1.165, 1.54) is 17.7 Å². The van der Waals surface area contributed by atoms with Crippen molar-refractivity contribution in [3.8, 4) is 0 Å². The van der Waals surface area contributed by atoms with Gasteiger partial charge < -0.3 is 10.0 Å². The van der Waals surface area contributed by atoms with Gasteiger partial charge in [0.1, 0.15) is 6.04 Å². The van der Waals surface area contributed by atoms with Gasteiger partial charge in [-0.05, 0) is 30.5 Å². The molecule has 1 aromatic heterocycles. The van der Waals surface area contributed by atoms with Gasteiger partial charge in [0.15, 0.2) is 5.03 Å². The van der Waals surface area contributed by atoms with Crippen LogP contribution in [0.4, 0.5) is 0 Å². The lowest BCUT2D eigenvalue weighted by atomic mass is 10.2. The van der Waals surface area contributed by atoms with Gasteiger partial charge in [0, 0.05) is 25.4 Å². The molecule has 1 aromatic rings. The fourth-order valence-electron chi connectivity index (χ4n) is 2.79. The van der Waals surface area contributed by atoms with E-state index in [-0.39, 0.29) is 11.6 Å². The van der Waals surface area contributed by atoms with Crippen molar-refractivity contribution in [2.75, 3.05) is 20.1 Å². The van der Waals surface area contributed by atoms with Crippen molar-refractivity contribution >= 4 is 38.6 Å². The van der Waals surface area contributed by atoms with Crippen molar-refractivity contribution in [1.82, 2.24) is 13.6 Å². The van der Waals surface area contributed by atoms with Crippen LogP contribution in [-0.4, -0.2) is 59.3 Å². The van der Waals surface area contributed by atoms with E-state index < -0.39 is 22.0 Å². The molecule has 2 aliphatic rings. The Bertz CT molecular complexity index is 799. The lowest BCUT2D eigenvalue weighted by Crippen LogP contribution is -2.47. The topological polar surface area (TPSA) is 90.8 Å². The van der Waals surface area contributed by atoms with Gasteiger partial charge in [0.25, 0.3) is 10.0 Å². The summed E-state index contributed by atoms with van der Waals surface area (Å²) in [6, 6.07) is -0.975. The molecule has 3 heterocycles. The standard InChI is InChI=1S/C12H15N3O4S2/c1-14-6-4-10-8(7-13-20-10)11(14)21(18,19)15-5-2-3-9(15)12(16)17/h4,7,9H,2-3,5-6H2,1H3,(H,16,17). The monoisotopic (exact) mass is 329 g/mol. The van der Waals surface area contributed by atoms with Gasteiger partial charge in [-0.15, -0.1) is 0 Å². The third kappa shape index (κ3) is 2.25. The van der Waals surface area contributed by atoms with E-state index in [1.807, 2.05) is 6.08 Å². The Morgan fingerprint density at radius 1 is 1.52 bits per heavy atom. The normalized spacial score (nSPS) is 23.0. The lowest BCUT2D eigenvalue weighted by molar-refractivity contribution is -0.140. The molecule has 0 saturated carbocycles. The van der Waals surface area contributed by atoms with Crippen LogP contribution in [0.1, 0.15) is 12.8 Å². The van der Waals surface area contributed by atoms with Crippen molar-refractivity contribution in [2.45, 2.75) is 18.9 Å². The molecule has 3 rings (SSSR count). The van der Waals surface area contributed by atoms with E-state index in [9.17, 15) is 18.3 Å². The zero-order valence-corrected chi connectivity index (χ0v) is 13.0. The van der Waals surface area contributed by atoms with Crippen LogP contribution < -0.4 is 9.75 Å². The maximum Gasteiger partial charge on any atom is 0.322 e. The first-order valence-corrected chi connectivity index (χ1v) is 8.75. The molecule has 0 aromatic carbocycles. The summed E-state index contributed by atoms with van der Waals surface area (Å²) in [7, 11) is -2.16. The largest absolute Gasteiger partial charge is 0.480 e. The smallest absolute Gasteiger partial charge is 0.322 e. The Morgan fingerprint density at radius 2 is 2.29 bits per heavy atom. The van der Waals surface area contributed by atoms with Crippen molar-refractivity contribution < 1.29 is 18.3 Å². The van der Waals surface area contributed by atoms with E-state index in [4.69, 9.17) is 0 Å². The maximum atomic E-state index is 12.9. The molecule has 0 spiro atoms. The number of fused-ring (bicyclic) bond motifs is 1. The lowest BCUT2D eigenvalue weighted by Gasteiger charge is -2.28. The minimum absolute atomic E-state index is 0.155. The minimum Gasteiger partial charge on any atom is -0.480 e. The van der Waals surface area contributed by atoms with E-state index >= 15 is 0 Å². The molecule has 114 valence electrons. The SMILES string of the molecule is CN1CC=c2sncc2=C1S(=O)(=O)N1CCCC1C(=O)O. The molecule has 0 aliphatic carbocycles. The first-order valence-electron chi connectivity index (χ1n) is 6.54. The van der Waals surface area contributed by atoms with Gasteiger partial charge in [0.2, 0.25) is 0 Å². The summed E-state index contributed by atoms with van der Waals surface area (Å²) in [6.45, 7) is 0.711. The Labute approximate surface area is 126 Å². The highest BCUT2D eigenvalue weighted by Crippen LogP contribution is 2.27. The van der Waals surface area contributed by atoms with Crippen LogP contribution in [-0.2, 0) is 14.8 Å². The molecular weight excluding hydrogens is 314 g/mol. The number of carbonyl (C=O) groups is 1. The number of carboxylic acids is 1. The molecule has 0 amide bonds. The summed E-state index contributed by atoms with van der Waals surface area (Å²) in [5.74, 6) is -1.09. The molecule has 21 heavy (non-hydrogen) atoms. The molecule has 1 unspecified atom stereocenters. The maximum absolute atomic E-state index is 12.9. The highest BCUT2D eigenvalue weighted by Gasteiger charge is 2.42. The summed E-state index contributed by atoms with van der Waals surface area (Å²) in [6.07, 6.45) is 4.37. The highest BCUT2D eigenvalue weighted by atomic mass is 32.2. The summed E-state index contributed by atoms with van der Waals surface area (Å²) < 4.78 is 31.8. The number of aromatic nitrogens is 1. The molecule has 1 fully saturated rings. The van der Waals surface area contributed by atoms with Crippen molar-refractivity contribution in [1.29, 1.82) is 0 Å². The van der Waals surface area contributed by atoms with Gasteiger partial charge in [-0.3, -0.25) is 4.79 Å². The number of hydrogen-bond donors (Lipinski definition) is 1. The minimum atomic E-state index is -3.85. The van der Waals surface area contributed by atoms with Crippen LogP contribution in [0.25, 0.3) is 11.1 Å². The van der Waals surface area contributed by atoms with Crippen LogP contribution in [0, 0.1) is 0 Å². The molecule has 0 bridgehead atoms. The van der Waals surface area contributed by atoms with Crippen LogP contribution in [0.5, 0.6) is 0 Å². The number of aliphatic carboxylic acids is 1. The van der Waals surface area contributed by atoms with Gasteiger partial charge >= 0.3 is 5.97 Å². The fourth-order valence-corrected chi connectivity index (χ4v) is 5.55. The van der Waals surface area contributed by atoms with Gasteiger partial charge in [-0.25, -0.2) is 8.42 Å². The predicted octanol–water partition coefficient (Wildman–Crippen LogP) is -1.19. The van der Waals surface area contributed by atoms with Crippen molar-refractivity contribution in [2.24, 2.45) is 0 Å². The average molecular weight is 329 g/mol. The molecule has 1 N–H and O–H groups in total. The number of rotatable bonds is 3. The second-order valence-electron chi connectivity index (χ2n) is 5.11. The molecular formula is C12H15N3O4S2. The van der Waals surface area contributed by atoms with Crippen LogP contribution in [0.3, 0.4) is 0 Å². The van der Waals surface area contributed by atoms with Gasteiger partial charge in [0.05, 0.1) is 10.7 Å². The predicted molar refractivity (Wildman–Crippen MR) is 78.2 cm³/mol. The first kappa shape index (κ1) is 14.5. The van der Waals surface area contributed by atoms with Crippen LogP contribution in [0.2, 0.25) is 0 Å². The quantitative estimate of drug-likeness (QED) is 0.750. The van der Waals surface area contributed by atoms with Gasteiger partial charge in [-0.2, -0.15) is 8.68 Å². The Hall–Kier alpha value is -1.45. The van der Waals surface area contributed by atoms with E-state index in [2.05, 4.69) is 4.37 Å². The van der Waals surface area contributed by atoms with Gasteiger partial charge in [-0.1, -0.05) is 0 Å². The van der Waals surface area contributed by atoms with Crippen LogP contribution >= 0.6 is 11.5 Å². The van der Waals surface area contributed by atoms with E-state index in [1.54, 1.807) is 11.9 Å². The fraction of sp³-hybridized carbons (Fsp3) is 0.500. The number of carboxylic acid groups (broad SMARTS) is 1. The Balaban J connectivity index is 2.17. The Kier molecular flexibility index (Phi) is 3.50. The summed E-state index contributed by atoms with van der Waals surface area (Å²) in [4.78, 5) is 12.9. The number of nitrogens with zero attached hydrogens (tertiary/aromatic N) is 3.